The summed E-state index contributed by atoms with van der Waals surface area (Å²) in [7, 11) is 0. The number of hydrogen-bond acceptors (Lipinski definition) is 4. The van der Waals surface area contributed by atoms with E-state index in [1.54, 1.807) is 0 Å². The Hall–Kier alpha value is -2.82. The second-order valence-electron chi connectivity index (χ2n) is 8.10. The van der Waals surface area contributed by atoms with Gasteiger partial charge in [0.05, 0.1) is 0 Å². The molecule has 3 aromatic carbocycles. The van der Waals surface area contributed by atoms with Gasteiger partial charge in [0.1, 0.15) is 30.8 Å². The zero-order chi connectivity index (χ0) is 21.5. The van der Waals surface area contributed by atoms with Gasteiger partial charge in [-0.25, -0.2) is 0 Å². The third kappa shape index (κ3) is 5.46. The number of ether oxygens (including phenoxy) is 2. The number of fused-ring (bicyclic) bond motifs is 2. The van der Waals surface area contributed by atoms with Crippen molar-refractivity contribution >= 4 is 0 Å². The molecule has 0 amide bonds. The molecule has 0 aliphatic carbocycles. The van der Waals surface area contributed by atoms with Gasteiger partial charge in [0.15, 0.2) is 0 Å². The second kappa shape index (κ2) is 10.5. The van der Waals surface area contributed by atoms with Gasteiger partial charge in [0.2, 0.25) is 0 Å². The summed E-state index contributed by atoms with van der Waals surface area (Å²) >= 11 is 0. The first-order valence-electron chi connectivity index (χ1n) is 11.1. The number of benzene rings is 3. The van der Waals surface area contributed by atoms with Crippen LogP contribution in [0.15, 0.2) is 78.9 Å². The Balaban J connectivity index is 1.42. The Morgan fingerprint density at radius 2 is 1.68 bits per heavy atom. The molecule has 0 bridgehead atoms. The van der Waals surface area contributed by atoms with Gasteiger partial charge in [-0.3, -0.25) is 0 Å². The molecule has 0 spiro atoms. The number of nitrogens with one attached hydrogen (secondary N) is 1. The molecule has 1 aliphatic rings. The number of rotatable bonds is 9. The number of hydrogen-bond donors (Lipinski definition) is 2. The molecule has 3 atom stereocenters. The summed E-state index contributed by atoms with van der Waals surface area (Å²) in [5.74, 6) is 2.00. The van der Waals surface area contributed by atoms with Crippen LogP contribution in [0.3, 0.4) is 0 Å². The van der Waals surface area contributed by atoms with Crippen molar-refractivity contribution in [2.24, 2.45) is 0 Å². The van der Waals surface area contributed by atoms with Gasteiger partial charge in [-0.1, -0.05) is 67.6 Å². The van der Waals surface area contributed by atoms with Gasteiger partial charge in [-0.2, -0.15) is 0 Å². The van der Waals surface area contributed by atoms with E-state index in [9.17, 15) is 5.11 Å². The first kappa shape index (κ1) is 21.4. The average molecular weight is 418 g/mol. The molecule has 3 unspecified atom stereocenters. The molecule has 0 saturated carbocycles. The third-order valence-corrected chi connectivity index (χ3v) is 5.95. The minimum Gasteiger partial charge on any atom is -0.491 e. The maximum Gasteiger partial charge on any atom is 0.123 e. The van der Waals surface area contributed by atoms with Crippen LogP contribution >= 0.6 is 0 Å². The predicted molar refractivity (Wildman–Crippen MR) is 124 cm³/mol. The summed E-state index contributed by atoms with van der Waals surface area (Å²) in [6.07, 6.45) is 1.36. The van der Waals surface area contributed by atoms with Crippen LogP contribution in [0, 0.1) is 0 Å². The molecular formula is C27H31NO3. The molecule has 162 valence electrons. The van der Waals surface area contributed by atoms with Crippen LogP contribution < -0.4 is 14.8 Å². The Labute approximate surface area is 184 Å². The average Bonchev–Trinajstić information content (AvgIpc) is 2.98. The van der Waals surface area contributed by atoms with E-state index < -0.39 is 6.10 Å². The van der Waals surface area contributed by atoms with E-state index in [0.717, 1.165) is 24.3 Å². The molecule has 3 aromatic rings. The SMILES string of the molecule is CCC(CC1c2ccccc2COc2ccccc21)NCC(O)COc1ccccc1. The van der Waals surface area contributed by atoms with Crippen LogP contribution in [0.4, 0.5) is 0 Å². The zero-order valence-electron chi connectivity index (χ0n) is 18.0. The second-order valence-corrected chi connectivity index (χ2v) is 8.10. The highest BCUT2D eigenvalue weighted by Crippen LogP contribution is 2.40. The first-order chi connectivity index (χ1) is 15.2. The van der Waals surface area contributed by atoms with Crippen molar-refractivity contribution in [1.29, 1.82) is 0 Å². The Morgan fingerprint density at radius 1 is 0.968 bits per heavy atom. The number of aliphatic hydroxyl groups is 1. The molecule has 4 nitrogen and oxygen atoms in total. The lowest BCUT2D eigenvalue weighted by Crippen LogP contribution is -2.38. The normalized spacial score (nSPS) is 16.9. The largest absolute Gasteiger partial charge is 0.491 e. The first-order valence-corrected chi connectivity index (χ1v) is 11.1. The monoisotopic (exact) mass is 417 g/mol. The van der Waals surface area contributed by atoms with E-state index >= 15 is 0 Å². The smallest absolute Gasteiger partial charge is 0.123 e. The quantitative estimate of drug-likeness (QED) is 0.519. The minimum atomic E-state index is -0.564. The van der Waals surface area contributed by atoms with Crippen LogP contribution in [0.2, 0.25) is 0 Å². The van der Waals surface area contributed by atoms with Crippen molar-refractivity contribution in [3.63, 3.8) is 0 Å². The summed E-state index contributed by atoms with van der Waals surface area (Å²) in [6, 6.07) is 26.8. The fourth-order valence-corrected chi connectivity index (χ4v) is 4.23. The lowest BCUT2D eigenvalue weighted by atomic mass is 9.83. The molecule has 4 rings (SSSR count). The summed E-state index contributed by atoms with van der Waals surface area (Å²) in [4.78, 5) is 0. The van der Waals surface area contributed by atoms with Crippen LogP contribution in [-0.4, -0.2) is 30.4 Å². The molecule has 31 heavy (non-hydrogen) atoms. The molecule has 2 N–H and O–H groups in total. The van der Waals surface area contributed by atoms with E-state index in [4.69, 9.17) is 9.47 Å². The molecule has 1 aliphatic heterocycles. The van der Waals surface area contributed by atoms with E-state index in [2.05, 4.69) is 54.7 Å². The zero-order valence-corrected chi connectivity index (χ0v) is 18.0. The lowest BCUT2D eigenvalue weighted by molar-refractivity contribution is 0.103. The van der Waals surface area contributed by atoms with Crippen molar-refractivity contribution < 1.29 is 14.6 Å². The van der Waals surface area contributed by atoms with E-state index in [1.165, 1.54) is 16.7 Å². The topological polar surface area (TPSA) is 50.7 Å². The molecule has 4 heteroatoms. The van der Waals surface area contributed by atoms with E-state index in [0.29, 0.717) is 13.2 Å². The van der Waals surface area contributed by atoms with Crippen molar-refractivity contribution in [3.05, 3.63) is 95.6 Å². The fraction of sp³-hybridized carbons (Fsp3) is 0.333. The van der Waals surface area contributed by atoms with Crippen molar-refractivity contribution in [1.82, 2.24) is 5.32 Å². The number of para-hydroxylation sites is 2. The highest BCUT2D eigenvalue weighted by molar-refractivity contribution is 5.46. The van der Waals surface area contributed by atoms with Crippen LogP contribution in [0.5, 0.6) is 11.5 Å². The summed E-state index contributed by atoms with van der Waals surface area (Å²) in [5, 5.41) is 14.0. The highest BCUT2D eigenvalue weighted by Gasteiger charge is 2.26. The minimum absolute atomic E-state index is 0.255. The Morgan fingerprint density at radius 3 is 2.48 bits per heavy atom. The predicted octanol–water partition coefficient (Wildman–Crippen LogP) is 4.91. The Kier molecular flexibility index (Phi) is 7.23. The summed E-state index contributed by atoms with van der Waals surface area (Å²) in [5.41, 5.74) is 3.82. The summed E-state index contributed by atoms with van der Waals surface area (Å²) < 4.78 is 11.8. The van der Waals surface area contributed by atoms with Gasteiger partial charge in [0, 0.05) is 24.1 Å². The third-order valence-electron chi connectivity index (χ3n) is 5.95. The maximum atomic E-state index is 10.4. The van der Waals surface area contributed by atoms with Crippen molar-refractivity contribution in [2.75, 3.05) is 13.2 Å². The molecule has 0 saturated heterocycles. The van der Waals surface area contributed by atoms with E-state index in [1.807, 2.05) is 36.4 Å². The van der Waals surface area contributed by atoms with Crippen LogP contribution in [-0.2, 0) is 6.61 Å². The van der Waals surface area contributed by atoms with Gasteiger partial charge in [0.25, 0.3) is 0 Å². The fourth-order valence-electron chi connectivity index (χ4n) is 4.23. The van der Waals surface area contributed by atoms with Gasteiger partial charge in [-0.05, 0) is 42.2 Å². The van der Waals surface area contributed by atoms with Gasteiger partial charge in [-0.15, -0.1) is 0 Å². The highest BCUT2D eigenvalue weighted by atomic mass is 16.5. The summed E-state index contributed by atoms with van der Waals surface area (Å²) in [6.45, 7) is 3.56. The Bertz CT molecular complexity index is 912. The molecular weight excluding hydrogens is 386 g/mol. The van der Waals surface area contributed by atoms with Gasteiger partial charge >= 0.3 is 0 Å². The molecule has 0 radical (unpaired) electrons. The lowest BCUT2D eigenvalue weighted by Gasteiger charge is -2.26. The maximum absolute atomic E-state index is 10.4. The number of aliphatic hydroxyl groups excluding tert-OH is 1. The van der Waals surface area contributed by atoms with Crippen LogP contribution in [0.25, 0.3) is 0 Å². The van der Waals surface area contributed by atoms with E-state index in [-0.39, 0.29) is 18.6 Å². The molecule has 1 heterocycles. The standard InChI is InChI=1S/C27H31NO3/c1-2-21(28-17-22(29)19-30-23-11-4-3-5-12-23)16-26-24-13-7-6-10-20(24)18-31-27-15-9-8-14-25(26)27/h3-15,21-22,26,28-29H,2,16-19H2,1H3. The van der Waals surface area contributed by atoms with Crippen LogP contribution in [0.1, 0.15) is 42.4 Å². The molecule has 0 aromatic heterocycles. The van der Waals surface area contributed by atoms with Crippen molar-refractivity contribution in [3.8, 4) is 11.5 Å². The van der Waals surface area contributed by atoms with Gasteiger partial charge < -0.3 is 19.9 Å². The van der Waals surface area contributed by atoms with Crippen molar-refractivity contribution in [2.45, 2.75) is 44.4 Å². The molecule has 0 fully saturated rings.